The standard InChI is InChI=1S/C14H26O/c1-10-6-11(2)8-12(7-10)9-13(15)14(3,4)5/h10-12H,6-9H2,1-5H3. The van der Waals surface area contributed by atoms with Gasteiger partial charge < -0.3 is 0 Å². The van der Waals surface area contributed by atoms with Crippen molar-refractivity contribution in [2.75, 3.05) is 0 Å². The zero-order valence-electron chi connectivity index (χ0n) is 11.0. The van der Waals surface area contributed by atoms with E-state index in [1.165, 1.54) is 19.3 Å². The topological polar surface area (TPSA) is 17.1 Å². The fraction of sp³-hybridized carbons (Fsp3) is 0.929. The monoisotopic (exact) mass is 210 g/mol. The molecule has 1 heteroatoms. The first-order valence-electron chi connectivity index (χ1n) is 6.32. The fourth-order valence-electron chi connectivity index (χ4n) is 2.85. The lowest BCUT2D eigenvalue weighted by Gasteiger charge is -2.32. The molecule has 0 spiro atoms. The predicted molar refractivity (Wildman–Crippen MR) is 64.7 cm³/mol. The first kappa shape index (κ1) is 12.7. The number of rotatable bonds is 2. The number of hydrogen-bond donors (Lipinski definition) is 0. The highest BCUT2D eigenvalue weighted by atomic mass is 16.1. The maximum Gasteiger partial charge on any atom is 0.138 e. The van der Waals surface area contributed by atoms with Gasteiger partial charge in [0.15, 0.2) is 0 Å². The zero-order chi connectivity index (χ0) is 11.6. The van der Waals surface area contributed by atoms with Crippen molar-refractivity contribution in [1.82, 2.24) is 0 Å². The molecule has 0 aromatic heterocycles. The summed E-state index contributed by atoms with van der Waals surface area (Å²) in [6, 6.07) is 0. The van der Waals surface area contributed by atoms with E-state index in [1.54, 1.807) is 0 Å². The highest BCUT2D eigenvalue weighted by molar-refractivity contribution is 5.83. The van der Waals surface area contributed by atoms with Crippen LogP contribution in [0.1, 0.15) is 60.3 Å². The van der Waals surface area contributed by atoms with Gasteiger partial charge in [-0.05, 0) is 37.0 Å². The lowest BCUT2D eigenvalue weighted by Crippen LogP contribution is -2.27. The summed E-state index contributed by atoms with van der Waals surface area (Å²) >= 11 is 0. The second-order valence-corrected chi connectivity index (χ2v) is 6.66. The summed E-state index contributed by atoms with van der Waals surface area (Å²) in [5.74, 6) is 2.71. The molecule has 88 valence electrons. The van der Waals surface area contributed by atoms with Gasteiger partial charge in [0, 0.05) is 11.8 Å². The van der Waals surface area contributed by atoms with Crippen LogP contribution >= 0.6 is 0 Å². The Hall–Kier alpha value is -0.330. The van der Waals surface area contributed by atoms with E-state index >= 15 is 0 Å². The van der Waals surface area contributed by atoms with E-state index in [0.29, 0.717) is 11.7 Å². The Morgan fingerprint density at radius 2 is 1.53 bits per heavy atom. The lowest BCUT2D eigenvalue weighted by atomic mass is 9.73. The van der Waals surface area contributed by atoms with Crippen LogP contribution in [0.15, 0.2) is 0 Å². The maximum absolute atomic E-state index is 11.9. The van der Waals surface area contributed by atoms with Crippen LogP contribution in [0.25, 0.3) is 0 Å². The van der Waals surface area contributed by atoms with Gasteiger partial charge in [0.2, 0.25) is 0 Å². The van der Waals surface area contributed by atoms with Crippen LogP contribution < -0.4 is 0 Å². The van der Waals surface area contributed by atoms with Gasteiger partial charge in [0.1, 0.15) is 5.78 Å². The SMILES string of the molecule is CC1CC(C)CC(CC(=O)C(C)(C)C)C1. The molecule has 1 aliphatic carbocycles. The first-order valence-corrected chi connectivity index (χ1v) is 6.32. The molecular formula is C14H26O. The molecule has 0 aliphatic heterocycles. The van der Waals surface area contributed by atoms with Gasteiger partial charge >= 0.3 is 0 Å². The Kier molecular flexibility index (Phi) is 3.97. The second kappa shape index (κ2) is 4.67. The Bertz CT molecular complexity index is 214. The summed E-state index contributed by atoms with van der Waals surface area (Å²) in [4.78, 5) is 11.9. The number of carbonyl (C=O) groups excluding carboxylic acids is 1. The normalized spacial score (nSPS) is 32.7. The molecule has 0 N–H and O–H groups in total. The van der Waals surface area contributed by atoms with Crippen LogP contribution in [0.2, 0.25) is 0 Å². The molecule has 0 radical (unpaired) electrons. The smallest absolute Gasteiger partial charge is 0.138 e. The van der Waals surface area contributed by atoms with Gasteiger partial charge in [-0.2, -0.15) is 0 Å². The summed E-state index contributed by atoms with van der Waals surface area (Å²) in [6.45, 7) is 10.7. The van der Waals surface area contributed by atoms with Crippen LogP contribution in [-0.2, 0) is 4.79 Å². The molecule has 1 fully saturated rings. The van der Waals surface area contributed by atoms with Crippen LogP contribution in [0, 0.1) is 23.2 Å². The summed E-state index contributed by atoms with van der Waals surface area (Å²) in [6.07, 6.45) is 4.66. The van der Waals surface area contributed by atoms with Crippen LogP contribution in [0.3, 0.4) is 0 Å². The summed E-state index contributed by atoms with van der Waals surface area (Å²) in [5.41, 5.74) is -0.149. The van der Waals surface area contributed by atoms with E-state index in [9.17, 15) is 4.79 Å². The van der Waals surface area contributed by atoms with Gasteiger partial charge in [0.05, 0.1) is 0 Å². The van der Waals surface area contributed by atoms with Crippen molar-refractivity contribution in [2.45, 2.75) is 60.3 Å². The van der Waals surface area contributed by atoms with Crippen molar-refractivity contribution in [3.63, 3.8) is 0 Å². The predicted octanol–water partition coefficient (Wildman–Crippen LogP) is 4.06. The third-order valence-electron chi connectivity index (χ3n) is 3.59. The fourth-order valence-corrected chi connectivity index (χ4v) is 2.85. The van der Waals surface area contributed by atoms with E-state index in [-0.39, 0.29) is 5.41 Å². The van der Waals surface area contributed by atoms with Crippen molar-refractivity contribution in [3.8, 4) is 0 Å². The maximum atomic E-state index is 11.9. The van der Waals surface area contributed by atoms with Crippen molar-refractivity contribution < 1.29 is 4.79 Å². The molecule has 1 nitrogen and oxygen atoms in total. The van der Waals surface area contributed by atoms with Crippen molar-refractivity contribution in [3.05, 3.63) is 0 Å². The number of ketones is 1. The minimum Gasteiger partial charge on any atom is -0.299 e. The zero-order valence-corrected chi connectivity index (χ0v) is 11.0. The van der Waals surface area contributed by atoms with Crippen LogP contribution in [0.4, 0.5) is 0 Å². The molecular weight excluding hydrogens is 184 g/mol. The molecule has 1 rings (SSSR count). The number of hydrogen-bond acceptors (Lipinski definition) is 1. The van der Waals surface area contributed by atoms with Crippen molar-refractivity contribution >= 4 is 5.78 Å². The molecule has 0 amide bonds. The van der Waals surface area contributed by atoms with Crippen LogP contribution in [0.5, 0.6) is 0 Å². The van der Waals surface area contributed by atoms with Crippen molar-refractivity contribution in [2.24, 2.45) is 23.2 Å². The van der Waals surface area contributed by atoms with Gasteiger partial charge in [-0.15, -0.1) is 0 Å². The average molecular weight is 210 g/mol. The van der Waals surface area contributed by atoms with Gasteiger partial charge in [-0.1, -0.05) is 34.6 Å². The molecule has 0 saturated heterocycles. The lowest BCUT2D eigenvalue weighted by molar-refractivity contribution is -0.127. The molecule has 1 aliphatic rings. The highest BCUT2D eigenvalue weighted by Crippen LogP contribution is 2.36. The van der Waals surface area contributed by atoms with E-state index in [0.717, 1.165) is 18.3 Å². The van der Waals surface area contributed by atoms with Crippen molar-refractivity contribution in [1.29, 1.82) is 0 Å². The Labute approximate surface area is 94.6 Å². The quantitative estimate of drug-likeness (QED) is 0.671. The van der Waals surface area contributed by atoms with Gasteiger partial charge in [-0.25, -0.2) is 0 Å². The summed E-state index contributed by atoms with van der Waals surface area (Å²) in [5, 5.41) is 0. The largest absolute Gasteiger partial charge is 0.299 e. The Morgan fingerprint density at radius 1 is 1.07 bits per heavy atom. The van der Waals surface area contributed by atoms with E-state index < -0.39 is 0 Å². The Balaban J connectivity index is 2.48. The molecule has 2 unspecified atom stereocenters. The molecule has 2 atom stereocenters. The van der Waals surface area contributed by atoms with Crippen LogP contribution in [-0.4, -0.2) is 5.78 Å². The van der Waals surface area contributed by atoms with Gasteiger partial charge in [-0.3, -0.25) is 4.79 Å². The minimum atomic E-state index is -0.149. The van der Waals surface area contributed by atoms with E-state index in [4.69, 9.17) is 0 Å². The number of carbonyl (C=O) groups is 1. The van der Waals surface area contributed by atoms with Gasteiger partial charge in [0.25, 0.3) is 0 Å². The third kappa shape index (κ3) is 3.96. The molecule has 0 aromatic rings. The van der Waals surface area contributed by atoms with E-state index in [1.807, 2.05) is 20.8 Å². The number of Topliss-reactive ketones (excluding diaryl/α,β-unsaturated/α-hetero) is 1. The summed E-state index contributed by atoms with van der Waals surface area (Å²) < 4.78 is 0. The average Bonchev–Trinajstić information content (AvgIpc) is 1.99. The second-order valence-electron chi connectivity index (χ2n) is 6.66. The molecule has 0 aromatic carbocycles. The molecule has 0 bridgehead atoms. The first-order chi connectivity index (χ1) is 6.79. The minimum absolute atomic E-state index is 0.149. The highest BCUT2D eigenvalue weighted by Gasteiger charge is 2.29. The molecule has 15 heavy (non-hydrogen) atoms. The van der Waals surface area contributed by atoms with E-state index in [2.05, 4.69) is 13.8 Å². The molecule has 0 heterocycles. The summed E-state index contributed by atoms with van der Waals surface area (Å²) in [7, 11) is 0. The Morgan fingerprint density at radius 3 is 1.93 bits per heavy atom. The molecule has 1 saturated carbocycles. The third-order valence-corrected chi connectivity index (χ3v) is 3.59.